The zero-order valence-corrected chi connectivity index (χ0v) is 22.1. The van der Waals surface area contributed by atoms with Crippen LogP contribution in [-0.4, -0.2) is 36.4 Å². The van der Waals surface area contributed by atoms with Gasteiger partial charge in [-0.25, -0.2) is 8.42 Å². The minimum Gasteiger partial charge on any atom is -0.494 e. The second-order valence-electron chi connectivity index (χ2n) is 9.44. The molecule has 2 aliphatic rings. The van der Waals surface area contributed by atoms with Crippen LogP contribution in [0.5, 0.6) is 5.75 Å². The summed E-state index contributed by atoms with van der Waals surface area (Å²) in [5, 5.41) is 4.06. The number of pyridine rings is 1. The minimum atomic E-state index is -3.45. The van der Waals surface area contributed by atoms with Gasteiger partial charge in [-0.3, -0.25) is 9.71 Å². The van der Waals surface area contributed by atoms with Crippen molar-refractivity contribution in [2.24, 2.45) is 0 Å². The van der Waals surface area contributed by atoms with E-state index in [2.05, 4.69) is 42.9 Å². The normalized spacial score (nSPS) is 20.8. The van der Waals surface area contributed by atoms with Gasteiger partial charge in [0.05, 0.1) is 36.8 Å². The molecule has 2 fully saturated rings. The van der Waals surface area contributed by atoms with Gasteiger partial charge in [0.15, 0.2) is 5.11 Å². The van der Waals surface area contributed by atoms with Crippen LogP contribution in [0.4, 0.5) is 11.4 Å². The maximum absolute atomic E-state index is 11.8. The number of anilines is 2. The first kappa shape index (κ1) is 24.6. The summed E-state index contributed by atoms with van der Waals surface area (Å²) in [7, 11) is -1.93. The lowest BCUT2D eigenvalue weighted by molar-refractivity contribution is 0.353. The highest BCUT2D eigenvalue weighted by Gasteiger charge is 2.41. The topological polar surface area (TPSA) is 88.5 Å². The van der Waals surface area contributed by atoms with Gasteiger partial charge in [0, 0.05) is 36.4 Å². The number of ether oxygens (including phenoxy) is 1. The van der Waals surface area contributed by atoms with Crippen molar-refractivity contribution in [1.82, 2.24) is 14.9 Å². The van der Waals surface area contributed by atoms with Crippen molar-refractivity contribution >= 4 is 38.7 Å². The van der Waals surface area contributed by atoms with Crippen molar-refractivity contribution in [1.29, 1.82) is 0 Å². The highest BCUT2D eigenvalue weighted by atomic mass is 32.2. The zero-order valence-electron chi connectivity index (χ0n) is 20.4. The molecule has 3 aromatic rings. The lowest BCUT2D eigenvalue weighted by Gasteiger charge is -2.28. The smallest absolute Gasteiger partial charge is 0.229 e. The summed E-state index contributed by atoms with van der Waals surface area (Å²) in [5.41, 5.74) is 3.22. The number of hydrogen-bond donors (Lipinski definition) is 2. The number of methoxy groups -OCH3 is 1. The van der Waals surface area contributed by atoms with Crippen LogP contribution in [-0.2, 0) is 10.0 Å². The van der Waals surface area contributed by atoms with Gasteiger partial charge in [0.25, 0.3) is 0 Å². The standard InChI is InChI=1S/C26H31N5O3S2/c1-34-23-16-20(11-12-21(23)29-36(2,32)33)31-25(24(28-26(31)35)22-10-6-7-14-27-22)18-13-15-30(17-18)19-8-4-3-5-9-19/h6-7,10-17,19,24-25,29H,3-5,8-9H2,1-2H3,(H,28,35). The van der Waals surface area contributed by atoms with Gasteiger partial charge in [0.2, 0.25) is 10.0 Å². The Morgan fingerprint density at radius 1 is 1.14 bits per heavy atom. The molecule has 2 atom stereocenters. The molecule has 0 radical (unpaired) electrons. The molecule has 1 aliphatic heterocycles. The third-order valence-corrected chi connectivity index (χ3v) is 7.84. The summed E-state index contributed by atoms with van der Waals surface area (Å²) in [6.07, 6.45) is 13.6. The SMILES string of the molecule is COc1cc(N2C(=S)NC(c3ccccn3)C2c2ccn(C3CCCCC3)c2)ccc1NS(C)(=O)=O. The van der Waals surface area contributed by atoms with Crippen molar-refractivity contribution in [3.63, 3.8) is 0 Å². The molecular weight excluding hydrogens is 494 g/mol. The van der Waals surface area contributed by atoms with Gasteiger partial charge < -0.3 is 19.5 Å². The van der Waals surface area contributed by atoms with E-state index in [9.17, 15) is 8.42 Å². The van der Waals surface area contributed by atoms with Crippen molar-refractivity contribution in [2.75, 3.05) is 23.0 Å². The summed E-state index contributed by atoms with van der Waals surface area (Å²) in [4.78, 5) is 6.70. The Morgan fingerprint density at radius 3 is 2.64 bits per heavy atom. The molecule has 2 aromatic heterocycles. The highest BCUT2D eigenvalue weighted by Crippen LogP contribution is 2.44. The number of thiocarbonyl (C=S) groups is 1. The van der Waals surface area contributed by atoms with Crippen molar-refractivity contribution in [2.45, 2.75) is 50.2 Å². The summed E-state index contributed by atoms with van der Waals surface area (Å²) in [5.74, 6) is 0.417. The number of aromatic nitrogens is 2. The van der Waals surface area contributed by atoms with Crippen LogP contribution in [0.15, 0.2) is 61.1 Å². The number of hydrogen-bond acceptors (Lipinski definition) is 5. The molecule has 1 aliphatic carbocycles. The summed E-state index contributed by atoms with van der Waals surface area (Å²) in [6, 6.07) is 13.7. The Bertz CT molecular complexity index is 1340. The van der Waals surface area contributed by atoms with E-state index in [1.165, 1.54) is 39.2 Å². The van der Waals surface area contributed by atoms with E-state index >= 15 is 0 Å². The highest BCUT2D eigenvalue weighted by molar-refractivity contribution is 7.92. The van der Waals surface area contributed by atoms with Crippen molar-refractivity contribution in [3.05, 3.63) is 72.3 Å². The fourth-order valence-corrected chi connectivity index (χ4v) is 6.21. The molecule has 5 rings (SSSR count). The Kier molecular flexibility index (Phi) is 6.90. The molecule has 2 N–H and O–H groups in total. The van der Waals surface area contributed by atoms with Crippen LogP contribution in [0, 0.1) is 0 Å². The van der Waals surface area contributed by atoms with Crippen LogP contribution in [0.1, 0.15) is 61.5 Å². The largest absolute Gasteiger partial charge is 0.494 e. The molecule has 190 valence electrons. The fraction of sp³-hybridized carbons (Fsp3) is 0.385. The van der Waals surface area contributed by atoms with Crippen LogP contribution < -0.4 is 19.7 Å². The average molecular weight is 526 g/mol. The van der Waals surface area contributed by atoms with Crippen LogP contribution in [0.2, 0.25) is 0 Å². The number of nitrogens with zero attached hydrogens (tertiary/aromatic N) is 3. The Labute approximate surface area is 217 Å². The molecule has 0 spiro atoms. The number of sulfonamides is 1. The van der Waals surface area contributed by atoms with Gasteiger partial charge in [-0.1, -0.05) is 25.3 Å². The lowest BCUT2D eigenvalue weighted by atomic mass is 9.95. The van der Waals surface area contributed by atoms with Crippen molar-refractivity contribution in [3.8, 4) is 5.75 Å². The Hall–Kier alpha value is -3.11. The quantitative estimate of drug-likeness (QED) is 0.422. The molecular formula is C26H31N5O3S2. The van der Waals surface area contributed by atoms with E-state index < -0.39 is 10.0 Å². The maximum atomic E-state index is 11.8. The summed E-state index contributed by atoms with van der Waals surface area (Å²) >= 11 is 5.84. The maximum Gasteiger partial charge on any atom is 0.229 e. The first-order valence-electron chi connectivity index (χ1n) is 12.2. The van der Waals surface area contributed by atoms with E-state index in [-0.39, 0.29) is 12.1 Å². The third-order valence-electron chi connectivity index (χ3n) is 6.93. The molecule has 1 saturated carbocycles. The van der Waals surface area contributed by atoms with E-state index in [1.807, 2.05) is 30.3 Å². The average Bonchev–Trinajstić information content (AvgIpc) is 3.49. The predicted octanol–water partition coefficient (Wildman–Crippen LogP) is 4.95. The minimum absolute atomic E-state index is 0.143. The fourth-order valence-electron chi connectivity index (χ4n) is 5.30. The Morgan fingerprint density at radius 2 is 1.94 bits per heavy atom. The molecule has 0 bridgehead atoms. The van der Waals surface area contributed by atoms with Gasteiger partial charge >= 0.3 is 0 Å². The molecule has 10 heteroatoms. The molecule has 3 heterocycles. The van der Waals surface area contributed by atoms with Crippen LogP contribution in [0.3, 0.4) is 0 Å². The third kappa shape index (κ3) is 5.05. The zero-order chi connectivity index (χ0) is 25.3. The van der Waals surface area contributed by atoms with Gasteiger partial charge in [-0.05, 0) is 61.0 Å². The molecule has 8 nitrogen and oxygen atoms in total. The Balaban J connectivity index is 1.55. The molecule has 36 heavy (non-hydrogen) atoms. The molecule has 1 saturated heterocycles. The monoisotopic (exact) mass is 525 g/mol. The van der Waals surface area contributed by atoms with Gasteiger partial charge in [0.1, 0.15) is 5.75 Å². The summed E-state index contributed by atoms with van der Waals surface area (Å²) in [6.45, 7) is 0. The second kappa shape index (κ2) is 10.1. The predicted molar refractivity (Wildman–Crippen MR) is 146 cm³/mol. The first-order chi connectivity index (χ1) is 17.3. The van der Waals surface area contributed by atoms with E-state index in [0.29, 0.717) is 22.6 Å². The molecule has 2 unspecified atom stereocenters. The van der Waals surface area contributed by atoms with Gasteiger partial charge in [-0.15, -0.1) is 0 Å². The lowest BCUT2D eigenvalue weighted by Crippen LogP contribution is -2.29. The number of benzene rings is 1. The molecule has 0 amide bonds. The first-order valence-corrected chi connectivity index (χ1v) is 14.5. The summed E-state index contributed by atoms with van der Waals surface area (Å²) < 4.78 is 34.0. The van der Waals surface area contributed by atoms with Crippen molar-refractivity contribution < 1.29 is 13.2 Å². The van der Waals surface area contributed by atoms with E-state index in [0.717, 1.165) is 23.2 Å². The second-order valence-corrected chi connectivity index (χ2v) is 11.6. The van der Waals surface area contributed by atoms with E-state index in [1.54, 1.807) is 12.3 Å². The number of rotatable bonds is 7. The van der Waals surface area contributed by atoms with Crippen LogP contribution in [0.25, 0.3) is 0 Å². The number of nitrogens with one attached hydrogen (secondary N) is 2. The molecule has 1 aromatic carbocycles. The van der Waals surface area contributed by atoms with Crippen LogP contribution >= 0.6 is 12.2 Å². The van der Waals surface area contributed by atoms with Gasteiger partial charge in [-0.2, -0.15) is 0 Å². The van der Waals surface area contributed by atoms with E-state index in [4.69, 9.17) is 17.0 Å².